The largest absolute Gasteiger partial charge is 0.458 e. The lowest BCUT2D eigenvalue weighted by atomic mass is 10.1. The van der Waals surface area contributed by atoms with Gasteiger partial charge in [-0.3, -0.25) is 0 Å². The molecule has 0 saturated carbocycles. The summed E-state index contributed by atoms with van der Waals surface area (Å²) in [5.41, 5.74) is 0.523. The van der Waals surface area contributed by atoms with Gasteiger partial charge in [0.2, 0.25) is 0 Å². The summed E-state index contributed by atoms with van der Waals surface area (Å²) < 4.78 is 9.68. The Labute approximate surface area is 93.5 Å². The molecule has 0 atom stereocenters. The highest BCUT2D eigenvalue weighted by Gasteiger charge is 2.21. The van der Waals surface area contributed by atoms with Crippen molar-refractivity contribution >= 4 is 11.9 Å². The van der Waals surface area contributed by atoms with Crippen molar-refractivity contribution in [1.29, 1.82) is 0 Å². The van der Waals surface area contributed by atoms with E-state index in [1.807, 2.05) is 0 Å². The molecule has 0 aromatic heterocycles. The van der Waals surface area contributed by atoms with Crippen LogP contribution in [0.25, 0.3) is 0 Å². The number of benzene rings is 1. The van der Waals surface area contributed by atoms with Crippen molar-refractivity contribution in [2.45, 2.75) is 0 Å². The first-order valence-corrected chi connectivity index (χ1v) is 4.72. The number of carbonyl (C=O) groups excluding carboxylic acids is 2. The Morgan fingerprint density at radius 1 is 0.875 bits per heavy atom. The maximum Gasteiger partial charge on any atom is 0.339 e. The van der Waals surface area contributed by atoms with Crippen LogP contribution < -0.4 is 0 Å². The van der Waals surface area contributed by atoms with E-state index in [-0.39, 0.29) is 24.3 Å². The average Bonchev–Trinajstić information content (AvgIpc) is 2.35. The molecule has 2 rings (SSSR count). The van der Waals surface area contributed by atoms with Gasteiger partial charge in [-0.15, -0.1) is 13.2 Å². The van der Waals surface area contributed by atoms with Gasteiger partial charge in [0.05, 0.1) is 11.1 Å². The Morgan fingerprint density at radius 3 is 1.62 bits per heavy atom. The summed E-state index contributed by atoms with van der Waals surface area (Å²) in [6, 6.07) is 6.44. The number of hydrogen-bond donors (Lipinski definition) is 0. The second-order valence-electron chi connectivity index (χ2n) is 2.82. The minimum Gasteiger partial charge on any atom is -0.458 e. The summed E-state index contributed by atoms with van der Waals surface area (Å²) in [6.07, 6.45) is 0. The zero-order valence-electron chi connectivity index (χ0n) is 8.77. The second kappa shape index (κ2) is 5.70. The number of hydrogen-bond acceptors (Lipinski definition) is 4. The van der Waals surface area contributed by atoms with Crippen LogP contribution in [0.3, 0.4) is 0 Å². The fourth-order valence-electron chi connectivity index (χ4n) is 1.26. The standard InChI is InChI=1S/C10H8O4.C2H4/c11-9-7-3-1-2-4-8(7)10(12)14-6-5-13-9;1-2/h1-4H,5-6H2;1-2H2. The van der Waals surface area contributed by atoms with Crippen LogP contribution in [0.2, 0.25) is 0 Å². The van der Waals surface area contributed by atoms with E-state index in [1.165, 1.54) is 0 Å². The van der Waals surface area contributed by atoms with Gasteiger partial charge in [0.15, 0.2) is 0 Å². The molecule has 0 amide bonds. The molecule has 16 heavy (non-hydrogen) atoms. The number of rotatable bonds is 0. The third-order valence-corrected chi connectivity index (χ3v) is 1.92. The maximum atomic E-state index is 11.4. The Bertz CT molecular complexity index is 361. The van der Waals surface area contributed by atoms with E-state index in [0.717, 1.165) is 0 Å². The van der Waals surface area contributed by atoms with E-state index in [9.17, 15) is 9.59 Å². The number of esters is 2. The molecular formula is C12H12O4. The monoisotopic (exact) mass is 220 g/mol. The summed E-state index contributed by atoms with van der Waals surface area (Å²) in [5.74, 6) is -0.950. The van der Waals surface area contributed by atoms with Crippen LogP contribution >= 0.6 is 0 Å². The second-order valence-corrected chi connectivity index (χ2v) is 2.82. The fourth-order valence-corrected chi connectivity index (χ4v) is 1.26. The van der Waals surface area contributed by atoms with Crippen molar-refractivity contribution in [3.05, 3.63) is 48.6 Å². The van der Waals surface area contributed by atoms with Crippen molar-refractivity contribution in [1.82, 2.24) is 0 Å². The molecule has 0 spiro atoms. The lowest BCUT2D eigenvalue weighted by Crippen LogP contribution is -2.21. The zero-order chi connectivity index (χ0) is 12.0. The first-order chi connectivity index (χ1) is 7.79. The molecule has 0 aliphatic carbocycles. The maximum absolute atomic E-state index is 11.4. The molecule has 1 aromatic carbocycles. The molecule has 4 heteroatoms. The summed E-state index contributed by atoms with van der Waals surface area (Å²) >= 11 is 0. The van der Waals surface area contributed by atoms with Crippen LogP contribution in [0.1, 0.15) is 20.7 Å². The molecule has 0 unspecified atom stereocenters. The zero-order valence-corrected chi connectivity index (χ0v) is 8.77. The van der Waals surface area contributed by atoms with Gasteiger partial charge in [-0.25, -0.2) is 9.59 Å². The van der Waals surface area contributed by atoms with E-state index in [4.69, 9.17) is 9.47 Å². The fraction of sp³-hybridized carbons (Fsp3) is 0.167. The van der Waals surface area contributed by atoms with Gasteiger partial charge in [-0.1, -0.05) is 12.1 Å². The Kier molecular flexibility index (Phi) is 4.27. The molecular weight excluding hydrogens is 208 g/mol. The highest BCUT2D eigenvalue weighted by Crippen LogP contribution is 2.13. The number of carbonyl (C=O) groups is 2. The van der Waals surface area contributed by atoms with E-state index in [0.29, 0.717) is 0 Å². The molecule has 1 heterocycles. The first-order valence-electron chi connectivity index (χ1n) is 4.72. The van der Waals surface area contributed by atoms with Crippen molar-refractivity contribution in [2.24, 2.45) is 0 Å². The molecule has 0 fully saturated rings. The highest BCUT2D eigenvalue weighted by molar-refractivity contribution is 6.03. The number of fused-ring (bicyclic) bond motifs is 1. The van der Waals surface area contributed by atoms with Crippen LogP contribution in [-0.2, 0) is 9.47 Å². The van der Waals surface area contributed by atoms with Crippen molar-refractivity contribution in [2.75, 3.05) is 13.2 Å². The minimum atomic E-state index is -0.475. The minimum absolute atomic E-state index is 0.110. The molecule has 0 saturated heterocycles. The van der Waals surface area contributed by atoms with E-state index in [2.05, 4.69) is 13.2 Å². The smallest absolute Gasteiger partial charge is 0.339 e. The molecule has 1 aliphatic heterocycles. The predicted octanol–water partition coefficient (Wildman–Crippen LogP) is 1.82. The van der Waals surface area contributed by atoms with Gasteiger partial charge in [0.1, 0.15) is 13.2 Å². The molecule has 4 nitrogen and oxygen atoms in total. The SMILES string of the molecule is C=C.O=C1OCCOC(=O)c2ccccc21. The van der Waals surface area contributed by atoms with Gasteiger partial charge >= 0.3 is 11.9 Å². The first kappa shape index (κ1) is 12.0. The molecule has 0 radical (unpaired) electrons. The Hall–Kier alpha value is -2.10. The Morgan fingerprint density at radius 2 is 1.25 bits per heavy atom. The van der Waals surface area contributed by atoms with E-state index in [1.54, 1.807) is 24.3 Å². The van der Waals surface area contributed by atoms with Crippen LogP contribution in [0.15, 0.2) is 37.4 Å². The highest BCUT2D eigenvalue weighted by atomic mass is 16.6. The molecule has 1 aromatic rings. The van der Waals surface area contributed by atoms with Crippen LogP contribution in [-0.4, -0.2) is 25.2 Å². The van der Waals surface area contributed by atoms with Crippen molar-refractivity contribution in [3.8, 4) is 0 Å². The number of ether oxygens (including phenoxy) is 2. The summed E-state index contributed by atoms with van der Waals surface area (Å²) in [6.45, 7) is 6.22. The van der Waals surface area contributed by atoms with Crippen LogP contribution in [0, 0.1) is 0 Å². The van der Waals surface area contributed by atoms with Crippen molar-refractivity contribution < 1.29 is 19.1 Å². The third-order valence-electron chi connectivity index (χ3n) is 1.92. The van der Waals surface area contributed by atoms with E-state index < -0.39 is 11.9 Å². The summed E-state index contributed by atoms with van der Waals surface area (Å²) in [7, 11) is 0. The Balaban J connectivity index is 0.000000606. The average molecular weight is 220 g/mol. The summed E-state index contributed by atoms with van der Waals surface area (Å²) in [4.78, 5) is 22.7. The van der Waals surface area contributed by atoms with Gasteiger partial charge in [-0.2, -0.15) is 0 Å². The van der Waals surface area contributed by atoms with Crippen LogP contribution in [0.5, 0.6) is 0 Å². The van der Waals surface area contributed by atoms with Crippen molar-refractivity contribution in [3.63, 3.8) is 0 Å². The lowest BCUT2D eigenvalue weighted by molar-refractivity contribution is 0.0225. The topological polar surface area (TPSA) is 52.6 Å². The normalized spacial score (nSPS) is 14.2. The van der Waals surface area contributed by atoms with Gasteiger partial charge < -0.3 is 9.47 Å². The number of cyclic esters (lactones) is 2. The van der Waals surface area contributed by atoms with Crippen LogP contribution in [0.4, 0.5) is 0 Å². The van der Waals surface area contributed by atoms with Gasteiger partial charge in [0, 0.05) is 0 Å². The quantitative estimate of drug-likeness (QED) is 0.494. The third kappa shape index (κ3) is 2.48. The molecule has 0 bridgehead atoms. The molecule has 1 aliphatic rings. The molecule has 0 N–H and O–H groups in total. The van der Waals surface area contributed by atoms with Gasteiger partial charge in [-0.05, 0) is 12.1 Å². The van der Waals surface area contributed by atoms with E-state index >= 15 is 0 Å². The summed E-state index contributed by atoms with van der Waals surface area (Å²) in [5, 5.41) is 0. The lowest BCUT2D eigenvalue weighted by Gasteiger charge is -2.13. The predicted molar refractivity (Wildman–Crippen MR) is 58.3 cm³/mol. The van der Waals surface area contributed by atoms with Gasteiger partial charge in [0.25, 0.3) is 0 Å². The molecule has 84 valence electrons.